The Bertz CT molecular complexity index is 1560. The highest BCUT2D eigenvalue weighted by Crippen LogP contribution is 2.37. The van der Waals surface area contributed by atoms with Gasteiger partial charge in [0.25, 0.3) is 5.56 Å². The third kappa shape index (κ3) is 4.12. The first-order valence-electron chi connectivity index (χ1n) is 12.9. The van der Waals surface area contributed by atoms with Crippen LogP contribution in [-0.2, 0) is 18.4 Å². The van der Waals surface area contributed by atoms with E-state index in [0.29, 0.717) is 17.0 Å². The lowest BCUT2D eigenvalue weighted by Crippen LogP contribution is -2.43. The summed E-state index contributed by atoms with van der Waals surface area (Å²) >= 11 is 0. The number of hydrogen-bond acceptors (Lipinski definition) is 7. The largest absolute Gasteiger partial charge is 0.390 e. The molecule has 3 aromatic heterocycles. The summed E-state index contributed by atoms with van der Waals surface area (Å²) in [6.07, 6.45) is 6.24. The average molecular weight is 500 g/mol. The van der Waals surface area contributed by atoms with Gasteiger partial charge in [-0.25, -0.2) is 14.3 Å². The third-order valence-electron chi connectivity index (χ3n) is 8.02. The van der Waals surface area contributed by atoms with Crippen LogP contribution in [0, 0.1) is 0 Å². The van der Waals surface area contributed by atoms with Crippen LogP contribution in [0.15, 0.2) is 47.5 Å². The van der Waals surface area contributed by atoms with E-state index in [1.54, 1.807) is 30.9 Å². The summed E-state index contributed by atoms with van der Waals surface area (Å²) < 4.78 is 3.69. The molecule has 6 rings (SSSR count). The van der Waals surface area contributed by atoms with Crippen molar-refractivity contribution in [3.05, 3.63) is 69.9 Å². The molecular weight excluding hydrogens is 466 g/mol. The molecule has 2 aliphatic rings. The minimum Gasteiger partial charge on any atom is -0.390 e. The Balaban J connectivity index is 1.46. The molecule has 1 aliphatic heterocycles. The van der Waals surface area contributed by atoms with Crippen molar-refractivity contribution in [3.8, 4) is 5.69 Å². The molecule has 9 heteroatoms. The van der Waals surface area contributed by atoms with Crippen molar-refractivity contribution in [2.45, 2.75) is 70.6 Å². The Hall–Kier alpha value is -3.56. The van der Waals surface area contributed by atoms with Crippen molar-refractivity contribution in [1.29, 1.82) is 0 Å². The van der Waals surface area contributed by atoms with Crippen LogP contribution >= 0.6 is 0 Å². The average Bonchev–Trinajstić information content (AvgIpc) is 3.67. The molecule has 0 saturated heterocycles. The van der Waals surface area contributed by atoms with Crippen molar-refractivity contribution in [2.75, 3.05) is 11.9 Å². The van der Waals surface area contributed by atoms with E-state index in [1.807, 2.05) is 36.7 Å². The van der Waals surface area contributed by atoms with Gasteiger partial charge in [0, 0.05) is 30.0 Å². The van der Waals surface area contributed by atoms with Gasteiger partial charge in [-0.05, 0) is 75.0 Å². The number of pyridine rings is 1. The highest BCUT2D eigenvalue weighted by atomic mass is 16.3. The van der Waals surface area contributed by atoms with Gasteiger partial charge in [-0.2, -0.15) is 4.98 Å². The Labute approximate surface area is 215 Å². The Kier molecular flexibility index (Phi) is 5.47. The van der Waals surface area contributed by atoms with Gasteiger partial charge >= 0.3 is 0 Å². The highest BCUT2D eigenvalue weighted by molar-refractivity contribution is 5.77. The van der Waals surface area contributed by atoms with Crippen molar-refractivity contribution in [3.63, 3.8) is 0 Å². The fourth-order valence-electron chi connectivity index (χ4n) is 4.85. The number of nitrogens with one attached hydrogen (secondary N) is 2. The second-order valence-electron chi connectivity index (χ2n) is 11.2. The number of benzene rings is 1. The topological polar surface area (TPSA) is 110 Å². The van der Waals surface area contributed by atoms with E-state index in [0.717, 1.165) is 49.4 Å². The number of aliphatic hydroxyl groups is 1. The van der Waals surface area contributed by atoms with Crippen molar-refractivity contribution >= 4 is 22.7 Å². The SMILES string of the molecule is CC(C)(O)C(C)(C)c1cc(-n2c3nc(Nc4ccc5c(c4)CCNC5)ncc3c(=O)n2C2CC2)ccn1. The Morgan fingerprint density at radius 2 is 1.89 bits per heavy atom. The second-order valence-corrected chi connectivity index (χ2v) is 11.2. The maximum Gasteiger partial charge on any atom is 0.278 e. The van der Waals surface area contributed by atoms with Crippen molar-refractivity contribution in [2.24, 2.45) is 0 Å². The zero-order valence-corrected chi connectivity index (χ0v) is 21.7. The maximum atomic E-state index is 13.5. The standard InChI is InChI=1S/C28H33N7O2/c1-27(2,28(3,4)37)23-14-21(10-12-30-23)34-24-22(25(36)35(34)20-7-8-20)16-31-26(33-24)32-19-6-5-18-15-29-11-9-17(18)13-19/h5-6,10,12-14,16,20,29,37H,7-9,11,15H2,1-4H3,(H,31,32,33). The maximum absolute atomic E-state index is 13.5. The predicted molar refractivity (Wildman–Crippen MR) is 144 cm³/mol. The fourth-order valence-corrected chi connectivity index (χ4v) is 4.85. The summed E-state index contributed by atoms with van der Waals surface area (Å²) in [4.78, 5) is 27.3. The first-order valence-corrected chi connectivity index (χ1v) is 12.9. The molecule has 4 aromatic rings. The lowest BCUT2D eigenvalue weighted by Gasteiger charge is -2.36. The van der Waals surface area contributed by atoms with Gasteiger partial charge in [0.05, 0.1) is 23.0 Å². The van der Waals surface area contributed by atoms with Crippen LogP contribution in [0.25, 0.3) is 16.7 Å². The first kappa shape index (κ1) is 23.8. The smallest absolute Gasteiger partial charge is 0.278 e. The van der Waals surface area contributed by atoms with Crippen LogP contribution < -0.4 is 16.2 Å². The third-order valence-corrected chi connectivity index (χ3v) is 8.02. The molecule has 9 nitrogen and oxygen atoms in total. The molecule has 37 heavy (non-hydrogen) atoms. The molecule has 0 bridgehead atoms. The summed E-state index contributed by atoms with van der Waals surface area (Å²) in [5, 5.41) is 18.0. The molecule has 4 heterocycles. The minimum atomic E-state index is -0.988. The number of hydrogen-bond donors (Lipinski definition) is 3. The van der Waals surface area contributed by atoms with Crippen molar-refractivity contribution < 1.29 is 5.11 Å². The zero-order chi connectivity index (χ0) is 25.9. The van der Waals surface area contributed by atoms with Gasteiger partial charge in [0.2, 0.25) is 5.95 Å². The quantitative estimate of drug-likeness (QED) is 0.371. The van der Waals surface area contributed by atoms with E-state index in [-0.39, 0.29) is 11.6 Å². The molecule has 0 amide bonds. The van der Waals surface area contributed by atoms with Crippen LogP contribution in [0.4, 0.5) is 11.6 Å². The molecular formula is C28H33N7O2. The predicted octanol–water partition coefficient (Wildman–Crippen LogP) is 3.75. The minimum absolute atomic E-state index is 0.0922. The van der Waals surface area contributed by atoms with Gasteiger partial charge < -0.3 is 15.7 Å². The molecule has 192 valence electrons. The number of aromatic nitrogens is 5. The lowest BCUT2D eigenvalue weighted by atomic mass is 9.74. The van der Waals surface area contributed by atoms with Gasteiger partial charge in [-0.15, -0.1) is 0 Å². The molecule has 1 saturated carbocycles. The Morgan fingerprint density at radius 1 is 1.08 bits per heavy atom. The van der Waals surface area contributed by atoms with Gasteiger partial charge in [0.15, 0.2) is 5.65 Å². The van der Waals surface area contributed by atoms with E-state index in [4.69, 9.17) is 4.98 Å². The molecule has 1 aliphatic carbocycles. The number of nitrogens with zero attached hydrogens (tertiary/aromatic N) is 5. The van der Waals surface area contributed by atoms with Gasteiger partial charge in [0.1, 0.15) is 5.39 Å². The van der Waals surface area contributed by atoms with Crippen LogP contribution in [0.5, 0.6) is 0 Å². The summed E-state index contributed by atoms with van der Waals surface area (Å²) in [5.41, 5.74) is 3.94. The zero-order valence-electron chi connectivity index (χ0n) is 21.7. The van der Waals surface area contributed by atoms with Crippen LogP contribution in [-0.4, -0.2) is 41.6 Å². The van der Waals surface area contributed by atoms with Crippen LogP contribution in [0.2, 0.25) is 0 Å². The van der Waals surface area contributed by atoms with Crippen molar-refractivity contribution in [1.82, 2.24) is 29.6 Å². The fraction of sp³-hybridized carbons (Fsp3) is 0.429. The van der Waals surface area contributed by atoms with E-state index in [9.17, 15) is 9.90 Å². The van der Waals surface area contributed by atoms with Crippen LogP contribution in [0.1, 0.15) is 63.4 Å². The molecule has 1 aromatic carbocycles. The first-order chi connectivity index (χ1) is 17.6. The molecule has 0 radical (unpaired) electrons. The monoisotopic (exact) mass is 499 g/mol. The molecule has 0 atom stereocenters. The van der Waals surface area contributed by atoms with Gasteiger partial charge in [-0.1, -0.05) is 19.9 Å². The van der Waals surface area contributed by atoms with E-state index in [2.05, 4.69) is 32.7 Å². The van der Waals surface area contributed by atoms with Crippen LogP contribution in [0.3, 0.4) is 0 Å². The second kappa shape index (κ2) is 8.49. The lowest BCUT2D eigenvalue weighted by molar-refractivity contribution is 0.00776. The van der Waals surface area contributed by atoms with E-state index < -0.39 is 11.0 Å². The normalized spacial score (nSPS) is 16.1. The molecule has 0 spiro atoms. The summed E-state index contributed by atoms with van der Waals surface area (Å²) in [7, 11) is 0. The molecule has 3 N–H and O–H groups in total. The number of rotatable bonds is 6. The highest BCUT2D eigenvalue weighted by Gasteiger charge is 2.38. The van der Waals surface area contributed by atoms with E-state index in [1.165, 1.54) is 11.1 Å². The molecule has 0 unspecified atom stereocenters. The molecule has 1 fully saturated rings. The Morgan fingerprint density at radius 3 is 2.65 bits per heavy atom. The summed E-state index contributed by atoms with van der Waals surface area (Å²) in [5.74, 6) is 0.439. The number of anilines is 2. The summed E-state index contributed by atoms with van der Waals surface area (Å²) in [6.45, 7) is 9.37. The van der Waals surface area contributed by atoms with Gasteiger partial charge in [-0.3, -0.25) is 9.78 Å². The number of fused-ring (bicyclic) bond motifs is 2. The van der Waals surface area contributed by atoms with E-state index >= 15 is 0 Å². The summed E-state index contributed by atoms with van der Waals surface area (Å²) in [6, 6.07) is 10.3.